The van der Waals surface area contributed by atoms with Crippen LogP contribution in [0, 0.1) is 0 Å². The molecular weight excluding hydrogens is 320 g/mol. The molecule has 0 spiro atoms. The summed E-state index contributed by atoms with van der Waals surface area (Å²) in [6.07, 6.45) is 5.30. The number of nitrogens with one attached hydrogen (secondary N) is 1. The highest BCUT2D eigenvalue weighted by Gasteiger charge is 2.14. The first-order valence-corrected chi connectivity index (χ1v) is 7.91. The zero-order chi connectivity index (χ0) is 17.1. The molecule has 0 fully saturated rings. The van der Waals surface area contributed by atoms with E-state index in [0.29, 0.717) is 18.0 Å². The molecule has 25 heavy (non-hydrogen) atoms. The molecule has 0 saturated heterocycles. The zero-order valence-electron chi connectivity index (χ0n) is 13.4. The van der Waals surface area contributed by atoms with Crippen LogP contribution in [0.1, 0.15) is 11.1 Å². The van der Waals surface area contributed by atoms with Gasteiger partial charge >= 0.3 is 0 Å². The second-order valence-corrected chi connectivity index (χ2v) is 5.70. The average molecular weight is 336 g/mol. The second-order valence-electron chi connectivity index (χ2n) is 5.70. The van der Waals surface area contributed by atoms with Gasteiger partial charge in [-0.2, -0.15) is 0 Å². The van der Waals surface area contributed by atoms with Gasteiger partial charge in [0.25, 0.3) is 0 Å². The van der Waals surface area contributed by atoms with E-state index in [4.69, 9.17) is 13.9 Å². The Morgan fingerprint density at radius 1 is 1.08 bits per heavy atom. The number of benzene rings is 1. The predicted molar refractivity (Wildman–Crippen MR) is 90.1 cm³/mol. The number of carbonyl (C=O) groups is 1. The molecule has 0 unspecified atom stereocenters. The van der Waals surface area contributed by atoms with Gasteiger partial charge in [0.05, 0.1) is 24.6 Å². The molecule has 2 aromatic heterocycles. The molecule has 0 bridgehead atoms. The highest BCUT2D eigenvalue weighted by molar-refractivity contribution is 5.78. The van der Waals surface area contributed by atoms with Gasteiger partial charge in [-0.25, -0.2) is 0 Å². The Morgan fingerprint density at radius 3 is 2.76 bits per heavy atom. The Balaban J connectivity index is 1.32. The summed E-state index contributed by atoms with van der Waals surface area (Å²) in [5, 5.41) is 2.90. The summed E-state index contributed by atoms with van der Waals surface area (Å²) in [7, 11) is 0. The molecule has 3 heterocycles. The van der Waals surface area contributed by atoms with Gasteiger partial charge in [0.15, 0.2) is 11.5 Å². The van der Waals surface area contributed by atoms with Crippen molar-refractivity contribution in [2.75, 3.05) is 6.79 Å². The lowest BCUT2D eigenvalue weighted by Gasteiger charge is -2.06. The number of aromatic nitrogens is 1. The zero-order valence-corrected chi connectivity index (χ0v) is 13.4. The van der Waals surface area contributed by atoms with Crippen molar-refractivity contribution in [2.45, 2.75) is 13.0 Å². The van der Waals surface area contributed by atoms with Crippen LogP contribution >= 0.6 is 0 Å². The van der Waals surface area contributed by atoms with Crippen LogP contribution in [0.5, 0.6) is 11.5 Å². The van der Waals surface area contributed by atoms with E-state index in [1.807, 2.05) is 36.4 Å². The van der Waals surface area contributed by atoms with E-state index in [-0.39, 0.29) is 19.1 Å². The van der Waals surface area contributed by atoms with Crippen molar-refractivity contribution in [3.8, 4) is 22.8 Å². The fourth-order valence-corrected chi connectivity index (χ4v) is 2.61. The monoisotopic (exact) mass is 336 g/mol. The number of ether oxygens (including phenoxy) is 2. The molecule has 1 N–H and O–H groups in total. The SMILES string of the molecule is O=C(Cc1ccc2c(c1)OCO2)NCc1ccc(-c2ccoc2)nc1. The Labute approximate surface area is 144 Å². The Bertz CT molecular complexity index is 873. The Hall–Kier alpha value is -3.28. The molecule has 1 aliphatic heterocycles. The normalized spacial score (nSPS) is 12.2. The van der Waals surface area contributed by atoms with Crippen molar-refractivity contribution in [1.29, 1.82) is 0 Å². The van der Waals surface area contributed by atoms with Crippen molar-refractivity contribution in [2.24, 2.45) is 0 Å². The van der Waals surface area contributed by atoms with Crippen LogP contribution in [-0.2, 0) is 17.8 Å². The molecule has 0 radical (unpaired) electrons. The molecule has 6 heteroatoms. The van der Waals surface area contributed by atoms with Gasteiger partial charge in [-0.15, -0.1) is 0 Å². The Kier molecular flexibility index (Phi) is 4.08. The number of rotatable bonds is 5. The minimum Gasteiger partial charge on any atom is -0.472 e. The number of hydrogen-bond acceptors (Lipinski definition) is 5. The number of pyridine rings is 1. The molecule has 0 aliphatic carbocycles. The third-order valence-electron chi connectivity index (χ3n) is 3.93. The molecule has 0 saturated carbocycles. The minimum atomic E-state index is -0.0576. The predicted octanol–water partition coefficient (Wildman–Crippen LogP) is 2.93. The van der Waals surface area contributed by atoms with Crippen LogP contribution < -0.4 is 14.8 Å². The van der Waals surface area contributed by atoms with Crippen LogP contribution in [-0.4, -0.2) is 17.7 Å². The van der Waals surface area contributed by atoms with Crippen LogP contribution in [0.3, 0.4) is 0 Å². The lowest BCUT2D eigenvalue weighted by molar-refractivity contribution is -0.120. The molecule has 3 aromatic rings. The van der Waals surface area contributed by atoms with Gasteiger partial charge in [-0.3, -0.25) is 9.78 Å². The van der Waals surface area contributed by atoms with Crippen LogP contribution in [0.15, 0.2) is 59.5 Å². The molecular formula is C19H16N2O4. The average Bonchev–Trinajstić information content (AvgIpc) is 3.32. The highest BCUT2D eigenvalue weighted by Crippen LogP contribution is 2.32. The van der Waals surface area contributed by atoms with Gasteiger partial charge in [0, 0.05) is 18.3 Å². The van der Waals surface area contributed by atoms with Crippen molar-refractivity contribution in [1.82, 2.24) is 10.3 Å². The summed E-state index contributed by atoms with van der Waals surface area (Å²) in [5.41, 5.74) is 3.59. The molecule has 6 nitrogen and oxygen atoms in total. The van der Waals surface area contributed by atoms with Crippen molar-refractivity contribution >= 4 is 5.91 Å². The summed E-state index contributed by atoms with van der Waals surface area (Å²) >= 11 is 0. The van der Waals surface area contributed by atoms with Gasteiger partial charge in [0.1, 0.15) is 0 Å². The number of fused-ring (bicyclic) bond motifs is 1. The van der Waals surface area contributed by atoms with Gasteiger partial charge in [-0.05, 0) is 35.4 Å². The minimum absolute atomic E-state index is 0.0576. The maximum Gasteiger partial charge on any atom is 0.231 e. The van der Waals surface area contributed by atoms with Crippen LogP contribution in [0.4, 0.5) is 0 Å². The van der Waals surface area contributed by atoms with E-state index in [1.54, 1.807) is 18.7 Å². The van der Waals surface area contributed by atoms with E-state index in [1.165, 1.54) is 0 Å². The quantitative estimate of drug-likeness (QED) is 0.775. The highest BCUT2D eigenvalue weighted by atomic mass is 16.7. The first-order chi connectivity index (χ1) is 12.3. The summed E-state index contributed by atoms with van der Waals surface area (Å²) < 4.78 is 15.6. The molecule has 1 aliphatic rings. The fraction of sp³-hybridized carbons (Fsp3) is 0.158. The molecule has 1 amide bonds. The maximum atomic E-state index is 12.1. The Morgan fingerprint density at radius 2 is 1.96 bits per heavy atom. The molecule has 1 aromatic carbocycles. The van der Waals surface area contributed by atoms with E-state index in [0.717, 1.165) is 22.4 Å². The maximum absolute atomic E-state index is 12.1. The van der Waals surface area contributed by atoms with Gasteiger partial charge < -0.3 is 19.2 Å². The molecule has 4 rings (SSSR count). The van der Waals surface area contributed by atoms with Crippen molar-refractivity contribution < 1.29 is 18.7 Å². The number of carbonyl (C=O) groups excluding carboxylic acids is 1. The lowest BCUT2D eigenvalue weighted by atomic mass is 10.1. The van der Waals surface area contributed by atoms with Crippen LogP contribution in [0.2, 0.25) is 0 Å². The van der Waals surface area contributed by atoms with E-state index in [9.17, 15) is 4.79 Å². The topological polar surface area (TPSA) is 73.6 Å². The first-order valence-electron chi connectivity index (χ1n) is 7.91. The summed E-state index contributed by atoms with van der Waals surface area (Å²) in [6, 6.07) is 11.2. The van der Waals surface area contributed by atoms with E-state index in [2.05, 4.69) is 10.3 Å². The van der Waals surface area contributed by atoms with E-state index < -0.39 is 0 Å². The van der Waals surface area contributed by atoms with Crippen molar-refractivity contribution in [3.63, 3.8) is 0 Å². The number of amides is 1. The van der Waals surface area contributed by atoms with Gasteiger partial charge in [0.2, 0.25) is 12.7 Å². The smallest absolute Gasteiger partial charge is 0.231 e. The summed E-state index contributed by atoms with van der Waals surface area (Å²) in [4.78, 5) is 16.5. The number of furan rings is 1. The summed E-state index contributed by atoms with van der Waals surface area (Å²) in [5.74, 6) is 1.34. The standard InChI is InChI=1S/C19H16N2O4/c22-19(8-13-2-4-17-18(7-13)25-12-24-17)21-10-14-1-3-16(20-9-14)15-5-6-23-11-15/h1-7,9,11H,8,10,12H2,(H,21,22). The van der Waals surface area contributed by atoms with Gasteiger partial charge in [-0.1, -0.05) is 12.1 Å². The molecule has 0 atom stereocenters. The third kappa shape index (κ3) is 3.47. The fourth-order valence-electron chi connectivity index (χ4n) is 2.61. The van der Waals surface area contributed by atoms with Crippen LogP contribution in [0.25, 0.3) is 11.3 Å². The first kappa shape index (κ1) is 15.3. The largest absolute Gasteiger partial charge is 0.472 e. The second kappa shape index (κ2) is 6.68. The summed E-state index contributed by atoms with van der Waals surface area (Å²) in [6.45, 7) is 0.662. The van der Waals surface area contributed by atoms with Crippen molar-refractivity contribution in [3.05, 3.63) is 66.2 Å². The third-order valence-corrected chi connectivity index (χ3v) is 3.93. The number of hydrogen-bond donors (Lipinski definition) is 1. The number of nitrogens with zero attached hydrogens (tertiary/aromatic N) is 1. The van der Waals surface area contributed by atoms with E-state index >= 15 is 0 Å². The molecule has 126 valence electrons. The lowest BCUT2D eigenvalue weighted by Crippen LogP contribution is -2.24.